The van der Waals surface area contributed by atoms with Gasteiger partial charge in [0.1, 0.15) is 18.2 Å². The monoisotopic (exact) mass is 406 g/mol. The summed E-state index contributed by atoms with van der Waals surface area (Å²) < 4.78 is 5.10. The zero-order chi connectivity index (χ0) is 20.2. The Kier molecular flexibility index (Phi) is 5.45. The highest BCUT2D eigenvalue weighted by Gasteiger charge is 2.23. The van der Waals surface area contributed by atoms with Crippen LogP contribution in [0.2, 0.25) is 5.02 Å². The molecule has 0 radical (unpaired) electrons. The maximum absolute atomic E-state index is 9.48. The summed E-state index contributed by atoms with van der Waals surface area (Å²) in [5.74, 6) is 1.38. The summed E-state index contributed by atoms with van der Waals surface area (Å²) in [6.45, 7) is 1.99. The Morgan fingerprint density at radius 1 is 1.24 bits per heavy atom. The Labute approximate surface area is 174 Å². The van der Waals surface area contributed by atoms with Gasteiger partial charge in [0.15, 0.2) is 0 Å². The first kappa shape index (κ1) is 19.0. The van der Waals surface area contributed by atoms with Crippen LogP contribution in [0.25, 0.3) is 0 Å². The van der Waals surface area contributed by atoms with E-state index in [1.807, 2.05) is 24.3 Å². The first-order valence-electron chi connectivity index (χ1n) is 9.18. The number of halogens is 1. The fourth-order valence-corrected chi connectivity index (χ4v) is 3.57. The van der Waals surface area contributed by atoms with Gasteiger partial charge < -0.3 is 15.0 Å². The lowest BCUT2D eigenvalue weighted by molar-refractivity contribution is 0.397. The van der Waals surface area contributed by atoms with Crippen molar-refractivity contribution in [2.75, 3.05) is 23.9 Å². The molecule has 1 aromatic carbocycles. The average Bonchev–Trinajstić information content (AvgIpc) is 2.77. The summed E-state index contributed by atoms with van der Waals surface area (Å²) in [6, 6.07) is 11.4. The van der Waals surface area contributed by atoms with Gasteiger partial charge in [-0.1, -0.05) is 17.7 Å². The lowest BCUT2D eigenvalue weighted by atomic mass is 10.0. The normalized spacial score (nSPS) is 12.8. The first-order valence-corrected chi connectivity index (χ1v) is 9.56. The van der Waals surface area contributed by atoms with Gasteiger partial charge in [-0.15, -0.1) is 0 Å². The third-order valence-corrected chi connectivity index (χ3v) is 5.12. The molecule has 29 heavy (non-hydrogen) atoms. The minimum atomic E-state index is 0.557. The molecule has 7 nitrogen and oxygen atoms in total. The summed E-state index contributed by atoms with van der Waals surface area (Å²) in [7, 11) is 1.59. The van der Waals surface area contributed by atoms with Gasteiger partial charge >= 0.3 is 0 Å². The first-order chi connectivity index (χ1) is 14.2. The van der Waals surface area contributed by atoms with Crippen molar-refractivity contribution < 1.29 is 4.74 Å². The SMILES string of the molecule is COc1ccc(CNc2ncnc3c2CN(c2ccc(Cl)cc2C#N)CC3)cn1. The van der Waals surface area contributed by atoms with Gasteiger partial charge in [0.25, 0.3) is 0 Å². The Balaban J connectivity index is 1.55. The summed E-state index contributed by atoms with van der Waals surface area (Å²) >= 11 is 6.05. The fourth-order valence-electron chi connectivity index (χ4n) is 3.39. The predicted molar refractivity (Wildman–Crippen MR) is 111 cm³/mol. The van der Waals surface area contributed by atoms with Gasteiger partial charge in [0.2, 0.25) is 5.88 Å². The Morgan fingerprint density at radius 3 is 2.90 bits per heavy atom. The van der Waals surface area contributed by atoms with E-state index in [1.165, 1.54) is 0 Å². The quantitative estimate of drug-likeness (QED) is 0.692. The topological polar surface area (TPSA) is 87.0 Å². The molecular formula is C21H19ClN6O. The smallest absolute Gasteiger partial charge is 0.212 e. The summed E-state index contributed by atoms with van der Waals surface area (Å²) in [5.41, 5.74) is 4.53. The van der Waals surface area contributed by atoms with Crippen LogP contribution in [-0.4, -0.2) is 28.6 Å². The van der Waals surface area contributed by atoms with Crippen LogP contribution in [0.15, 0.2) is 42.9 Å². The van der Waals surface area contributed by atoms with Crippen LogP contribution in [0, 0.1) is 11.3 Å². The molecular weight excluding hydrogens is 388 g/mol. The van der Waals surface area contributed by atoms with Crippen molar-refractivity contribution in [1.82, 2.24) is 15.0 Å². The highest BCUT2D eigenvalue weighted by molar-refractivity contribution is 6.30. The van der Waals surface area contributed by atoms with Crippen molar-refractivity contribution in [2.24, 2.45) is 0 Å². The number of anilines is 2. The number of nitriles is 1. The Bertz CT molecular complexity index is 1060. The second kappa shape index (κ2) is 8.33. The van der Waals surface area contributed by atoms with Crippen molar-refractivity contribution in [3.63, 3.8) is 0 Å². The molecule has 1 aliphatic heterocycles. The number of fused-ring (bicyclic) bond motifs is 1. The number of pyridine rings is 1. The number of rotatable bonds is 5. The molecule has 0 fully saturated rings. The van der Waals surface area contributed by atoms with Crippen LogP contribution in [0.1, 0.15) is 22.4 Å². The molecule has 0 aliphatic carbocycles. The molecule has 2 aromatic heterocycles. The molecule has 0 saturated carbocycles. The van der Waals surface area contributed by atoms with E-state index < -0.39 is 0 Å². The minimum absolute atomic E-state index is 0.557. The minimum Gasteiger partial charge on any atom is -0.481 e. The molecule has 8 heteroatoms. The zero-order valence-electron chi connectivity index (χ0n) is 15.9. The zero-order valence-corrected chi connectivity index (χ0v) is 16.6. The van der Waals surface area contributed by atoms with E-state index in [4.69, 9.17) is 16.3 Å². The van der Waals surface area contributed by atoms with Crippen LogP contribution in [0.3, 0.4) is 0 Å². The standard InChI is InChI=1S/C21H19ClN6O/c1-29-20-5-2-14(10-24-20)11-25-21-17-12-28(7-6-18(17)26-13-27-21)19-4-3-16(22)8-15(19)9-23/h2-5,8,10,13H,6-7,11-12H2,1H3,(H,25,26,27). The van der Waals surface area contributed by atoms with Gasteiger partial charge in [-0.05, 0) is 23.8 Å². The number of nitrogens with one attached hydrogen (secondary N) is 1. The van der Waals surface area contributed by atoms with E-state index in [2.05, 4.69) is 31.2 Å². The Hall–Kier alpha value is -3.37. The number of aromatic nitrogens is 3. The van der Waals surface area contributed by atoms with E-state index in [9.17, 15) is 5.26 Å². The fraction of sp³-hybridized carbons (Fsp3) is 0.238. The van der Waals surface area contributed by atoms with Crippen LogP contribution in [-0.2, 0) is 19.5 Å². The summed E-state index contributed by atoms with van der Waals surface area (Å²) in [6.07, 6.45) is 4.15. The van der Waals surface area contributed by atoms with Crippen molar-refractivity contribution >= 4 is 23.1 Å². The number of methoxy groups -OCH3 is 1. The molecule has 0 atom stereocenters. The van der Waals surface area contributed by atoms with E-state index in [0.29, 0.717) is 29.6 Å². The molecule has 0 amide bonds. The number of hydrogen-bond donors (Lipinski definition) is 1. The number of ether oxygens (including phenoxy) is 1. The third kappa shape index (κ3) is 4.08. The van der Waals surface area contributed by atoms with Crippen molar-refractivity contribution in [3.05, 3.63) is 70.3 Å². The molecule has 1 aliphatic rings. The molecule has 146 valence electrons. The molecule has 1 N–H and O–H groups in total. The van der Waals surface area contributed by atoms with Crippen molar-refractivity contribution in [2.45, 2.75) is 19.5 Å². The number of hydrogen-bond acceptors (Lipinski definition) is 7. The second-order valence-electron chi connectivity index (χ2n) is 6.65. The van der Waals surface area contributed by atoms with E-state index >= 15 is 0 Å². The lowest BCUT2D eigenvalue weighted by Crippen LogP contribution is -2.32. The van der Waals surface area contributed by atoms with Gasteiger partial charge in [-0.2, -0.15) is 5.26 Å². The molecule has 0 spiro atoms. The largest absolute Gasteiger partial charge is 0.481 e. The van der Waals surface area contributed by atoms with Gasteiger partial charge in [0.05, 0.1) is 24.1 Å². The van der Waals surface area contributed by atoms with E-state index in [0.717, 1.165) is 41.3 Å². The summed E-state index contributed by atoms with van der Waals surface area (Å²) in [4.78, 5) is 15.3. The molecule has 3 heterocycles. The number of benzene rings is 1. The highest BCUT2D eigenvalue weighted by Crippen LogP contribution is 2.30. The third-order valence-electron chi connectivity index (χ3n) is 4.89. The molecule has 0 saturated heterocycles. The lowest BCUT2D eigenvalue weighted by Gasteiger charge is -2.31. The van der Waals surface area contributed by atoms with Crippen molar-refractivity contribution in [1.29, 1.82) is 5.26 Å². The molecule has 4 rings (SSSR count). The van der Waals surface area contributed by atoms with E-state index in [-0.39, 0.29) is 0 Å². The van der Waals surface area contributed by atoms with Gasteiger partial charge in [0, 0.05) is 48.9 Å². The highest BCUT2D eigenvalue weighted by atomic mass is 35.5. The van der Waals surface area contributed by atoms with Gasteiger partial charge in [-0.3, -0.25) is 0 Å². The maximum atomic E-state index is 9.48. The predicted octanol–water partition coefficient (Wildman–Crippen LogP) is 3.58. The van der Waals surface area contributed by atoms with Crippen LogP contribution in [0.5, 0.6) is 5.88 Å². The van der Waals surface area contributed by atoms with Crippen molar-refractivity contribution in [3.8, 4) is 11.9 Å². The van der Waals surface area contributed by atoms with Gasteiger partial charge in [-0.25, -0.2) is 15.0 Å². The Morgan fingerprint density at radius 2 is 2.14 bits per heavy atom. The van der Waals surface area contributed by atoms with Crippen LogP contribution in [0.4, 0.5) is 11.5 Å². The summed E-state index contributed by atoms with van der Waals surface area (Å²) in [5, 5.41) is 13.4. The molecule has 3 aromatic rings. The molecule has 0 unspecified atom stereocenters. The number of nitrogens with zero attached hydrogens (tertiary/aromatic N) is 5. The average molecular weight is 407 g/mol. The maximum Gasteiger partial charge on any atom is 0.212 e. The second-order valence-corrected chi connectivity index (χ2v) is 7.09. The van der Waals surface area contributed by atoms with Crippen LogP contribution >= 0.6 is 11.6 Å². The van der Waals surface area contributed by atoms with E-state index in [1.54, 1.807) is 25.7 Å². The van der Waals surface area contributed by atoms with Crippen LogP contribution < -0.4 is 15.0 Å². The molecule has 0 bridgehead atoms.